The molecule has 294 valence electrons. The molecule has 0 atom stereocenters. The van der Waals surface area contributed by atoms with Gasteiger partial charge in [-0.3, -0.25) is 0 Å². The van der Waals surface area contributed by atoms with Crippen molar-refractivity contribution in [2.45, 2.75) is 38.5 Å². The molecular formula is C60H44N2. The first-order valence-corrected chi connectivity index (χ1v) is 21.7. The van der Waals surface area contributed by atoms with E-state index in [1.54, 1.807) is 0 Å². The molecule has 2 nitrogen and oxygen atoms in total. The van der Waals surface area contributed by atoms with Crippen LogP contribution in [0, 0.1) is 0 Å². The fourth-order valence-corrected chi connectivity index (χ4v) is 10.7. The van der Waals surface area contributed by atoms with E-state index >= 15 is 0 Å². The van der Waals surface area contributed by atoms with Crippen LogP contribution in [-0.2, 0) is 10.8 Å². The van der Waals surface area contributed by atoms with Crippen LogP contribution < -0.4 is 0 Å². The molecule has 0 saturated heterocycles. The van der Waals surface area contributed by atoms with Crippen LogP contribution in [0.5, 0.6) is 0 Å². The van der Waals surface area contributed by atoms with Gasteiger partial charge >= 0.3 is 0 Å². The van der Waals surface area contributed by atoms with Crippen molar-refractivity contribution in [1.29, 1.82) is 0 Å². The zero-order chi connectivity index (χ0) is 41.7. The zero-order valence-electron chi connectivity index (χ0n) is 35.4. The second-order valence-corrected chi connectivity index (χ2v) is 18.1. The number of nitrogens with zero attached hydrogens (tertiary/aromatic N) is 2. The first kappa shape index (κ1) is 36.4. The summed E-state index contributed by atoms with van der Waals surface area (Å²) in [4.78, 5) is 10.6. The van der Waals surface area contributed by atoms with Crippen molar-refractivity contribution in [2.75, 3.05) is 0 Å². The minimum Gasteiger partial charge on any atom is -0.228 e. The highest BCUT2D eigenvalue weighted by molar-refractivity contribution is 6.09. The largest absolute Gasteiger partial charge is 0.228 e. The molecule has 2 heteroatoms. The molecule has 0 amide bonds. The Bertz CT molecular complexity index is 3460. The molecule has 0 fully saturated rings. The molecule has 12 rings (SSSR count). The average molecular weight is 793 g/mol. The quantitative estimate of drug-likeness (QED) is 0.173. The van der Waals surface area contributed by atoms with E-state index in [9.17, 15) is 0 Å². The lowest BCUT2D eigenvalue weighted by atomic mass is 9.81. The highest BCUT2D eigenvalue weighted by Crippen LogP contribution is 2.55. The van der Waals surface area contributed by atoms with E-state index in [2.05, 4.69) is 216 Å². The van der Waals surface area contributed by atoms with Gasteiger partial charge in [0.2, 0.25) is 0 Å². The maximum absolute atomic E-state index is 5.35. The maximum Gasteiger partial charge on any atom is 0.160 e. The van der Waals surface area contributed by atoms with Gasteiger partial charge in [0.25, 0.3) is 0 Å². The second kappa shape index (κ2) is 13.5. The van der Waals surface area contributed by atoms with Gasteiger partial charge in [0.05, 0.1) is 11.4 Å². The minimum atomic E-state index is -0.120. The molecule has 62 heavy (non-hydrogen) atoms. The molecule has 0 spiro atoms. The summed E-state index contributed by atoms with van der Waals surface area (Å²) in [6.07, 6.45) is 0. The van der Waals surface area contributed by atoms with Crippen molar-refractivity contribution in [3.05, 3.63) is 216 Å². The molecule has 0 aliphatic heterocycles. The Morgan fingerprint density at radius 1 is 0.306 bits per heavy atom. The first-order chi connectivity index (χ1) is 30.3. The number of rotatable bonds is 5. The van der Waals surface area contributed by atoms with Gasteiger partial charge in [-0.25, -0.2) is 9.97 Å². The van der Waals surface area contributed by atoms with Gasteiger partial charge in [0.1, 0.15) is 0 Å². The summed E-state index contributed by atoms with van der Waals surface area (Å²) in [6.45, 7) is 9.43. The highest BCUT2D eigenvalue weighted by Gasteiger charge is 2.38. The smallest absolute Gasteiger partial charge is 0.160 e. The Labute approximate surface area is 363 Å². The number of hydrogen-bond donors (Lipinski definition) is 0. The number of benzene rings is 9. The SMILES string of the molecule is CC1(C)c2ccccc2-c2c(-c3cccc(-c4cc(-c5ccc(-c6cccc7c6-c6cc8ccccc8cc6C7(C)C)c6ccccc56)nc(-c5ccccc5)n4)c3)cccc21. The number of aromatic nitrogens is 2. The molecular weight excluding hydrogens is 749 g/mol. The Hall–Kier alpha value is -7.42. The summed E-state index contributed by atoms with van der Waals surface area (Å²) >= 11 is 0. The molecule has 1 aromatic heterocycles. The lowest BCUT2D eigenvalue weighted by molar-refractivity contribution is 0.660. The van der Waals surface area contributed by atoms with E-state index < -0.39 is 0 Å². The highest BCUT2D eigenvalue weighted by atomic mass is 14.9. The summed E-state index contributed by atoms with van der Waals surface area (Å²) in [7, 11) is 0. The molecule has 0 N–H and O–H groups in total. The second-order valence-electron chi connectivity index (χ2n) is 18.1. The van der Waals surface area contributed by atoms with E-state index in [0.717, 1.165) is 33.5 Å². The predicted molar refractivity (Wildman–Crippen MR) is 259 cm³/mol. The normalized spacial score (nSPS) is 14.1. The van der Waals surface area contributed by atoms with E-state index in [-0.39, 0.29) is 10.8 Å². The van der Waals surface area contributed by atoms with E-state index in [1.807, 2.05) is 6.07 Å². The van der Waals surface area contributed by atoms with Crippen LogP contribution in [0.25, 0.3) is 100.0 Å². The average Bonchev–Trinajstić information content (AvgIpc) is 3.69. The van der Waals surface area contributed by atoms with Crippen molar-refractivity contribution in [3.8, 4) is 78.4 Å². The fourth-order valence-electron chi connectivity index (χ4n) is 10.7. The monoisotopic (exact) mass is 792 g/mol. The number of fused-ring (bicyclic) bond motifs is 8. The molecule has 2 aliphatic carbocycles. The molecule has 1 heterocycles. The van der Waals surface area contributed by atoms with Crippen LogP contribution >= 0.6 is 0 Å². The number of hydrogen-bond acceptors (Lipinski definition) is 2. The Morgan fingerprint density at radius 3 is 1.63 bits per heavy atom. The third-order valence-corrected chi connectivity index (χ3v) is 13.9. The van der Waals surface area contributed by atoms with Crippen molar-refractivity contribution in [3.63, 3.8) is 0 Å². The molecule has 9 aromatic carbocycles. The molecule has 0 radical (unpaired) electrons. The topological polar surface area (TPSA) is 25.8 Å². The Balaban J connectivity index is 1.03. The van der Waals surface area contributed by atoms with Gasteiger partial charge in [0.15, 0.2) is 5.82 Å². The van der Waals surface area contributed by atoms with Gasteiger partial charge in [0, 0.05) is 27.5 Å². The van der Waals surface area contributed by atoms with E-state index in [4.69, 9.17) is 9.97 Å². The molecule has 10 aromatic rings. The summed E-state index contributed by atoms with van der Waals surface area (Å²) in [6, 6.07) is 71.0. The van der Waals surface area contributed by atoms with E-state index in [0.29, 0.717) is 5.82 Å². The van der Waals surface area contributed by atoms with Crippen LogP contribution in [0.3, 0.4) is 0 Å². The van der Waals surface area contributed by atoms with Crippen LogP contribution in [-0.4, -0.2) is 9.97 Å². The van der Waals surface area contributed by atoms with Crippen molar-refractivity contribution < 1.29 is 0 Å². The predicted octanol–water partition coefficient (Wildman–Crippen LogP) is 15.7. The summed E-state index contributed by atoms with van der Waals surface area (Å²) in [5, 5.41) is 4.92. The lowest BCUT2D eigenvalue weighted by Crippen LogP contribution is -2.14. The summed E-state index contributed by atoms with van der Waals surface area (Å²) < 4.78 is 0. The molecule has 0 bridgehead atoms. The van der Waals surface area contributed by atoms with Crippen LogP contribution in [0.15, 0.2) is 194 Å². The van der Waals surface area contributed by atoms with Crippen molar-refractivity contribution >= 4 is 21.5 Å². The molecule has 0 saturated carbocycles. The standard InChI is InChI=1S/C60H44N2/c1-59(2)50-28-13-12-25-48(50)56-42(26-15-29-51(56)59)40-21-14-22-41(33-40)54-36-55(62-58(61-54)37-17-6-5-7-18-37)46-32-31-45(43-23-10-11-24-44(43)46)47-27-16-30-52-57(47)49-34-38-19-8-9-20-39(38)35-53(49)60(52,3)4/h5-36H,1-4H3. The first-order valence-electron chi connectivity index (χ1n) is 21.7. The third kappa shape index (κ3) is 5.43. The van der Waals surface area contributed by atoms with Gasteiger partial charge in [-0.2, -0.15) is 0 Å². The lowest BCUT2D eigenvalue weighted by Gasteiger charge is -2.22. The Kier molecular flexibility index (Phi) is 7.96. The van der Waals surface area contributed by atoms with Crippen LogP contribution in [0.2, 0.25) is 0 Å². The molecule has 0 unspecified atom stereocenters. The van der Waals surface area contributed by atoms with Crippen LogP contribution in [0.4, 0.5) is 0 Å². The molecule has 2 aliphatic rings. The summed E-state index contributed by atoms with van der Waals surface area (Å²) in [5.74, 6) is 0.708. The van der Waals surface area contributed by atoms with Gasteiger partial charge in [-0.15, -0.1) is 0 Å². The maximum atomic E-state index is 5.35. The zero-order valence-corrected chi connectivity index (χ0v) is 35.4. The third-order valence-electron chi connectivity index (χ3n) is 13.9. The minimum absolute atomic E-state index is 0.0689. The van der Waals surface area contributed by atoms with Gasteiger partial charge in [-0.05, 0) is 113 Å². The van der Waals surface area contributed by atoms with Crippen molar-refractivity contribution in [2.24, 2.45) is 0 Å². The van der Waals surface area contributed by atoms with Crippen molar-refractivity contribution in [1.82, 2.24) is 9.97 Å². The van der Waals surface area contributed by atoms with Crippen LogP contribution in [0.1, 0.15) is 49.9 Å². The van der Waals surface area contributed by atoms with Gasteiger partial charge < -0.3 is 0 Å². The fraction of sp³-hybridized carbons (Fsp3) is 0.100. The van der Waals surface area contributed by atoms with E-state index in [1.165, 1.54) is 82.9 Å². The Morgan fingerprint density at radius 2 is 0.839 bits per heavy atom. The summed E-state index contributed by atoms with van der Waals surface area (Å²) in [5.41, 5.74) is 20.5. The van der Waals surface area contributed by atoms with Gasteiger partial charge in [-0.1, -0.05) is 198 Å².